The Labute approximate surface area is 181 Å². The van der Waals surface area contributed by atoms with Crippen LogP contribution in [0.25, 0.3) is 0 Å². The molecule has 1 aliphatic rings. The van der Waals surface area contributed by atoms with Crippen molar-refractivity contribution in [1.29, 1.82) is 0 Å². The molecule has 0 bridgehead atoms. The van der Waals surface area contributed by atoms with Crippen LogP contribution in [0.4, 0.5) is 17.6 Å². The topological polar surface area (TPSA) is 24.5 Å². The average Bonchev–Trinajstić information content (AvgIpc) is 2.59. The van der Waals surface area contributed by atoms with Crippen LogP contribution in [0.2, 0.25) is 0 Å². The molecule has 156 valence electrons. The van der Waals surface area contributed by atoms with Crippen LogP contribution in [0.15, 0.2) is 46.9 Å². The number of piperazine rings is 1. The number of ether oxygens (including phenoxy) is 1. The van der Waals surface area contributed by atoms with Gasteiger partial charge in [-0.05, 0) is 35.9 Å². The molecule has 28 heavy (non-hydrogen) atoms. The zero-order valence-electron chi connectivity index (χ0n) is 14.5. The van der Waals surface area contributed by atoms with Crippen LogP contribution in [-0.4, -0.2) is 37.4 Å². The predicted molar refractivity (Wildman–Crippen MR) is 108 cm³/mol. The highest BCUT2D eigenvalue weighted by molar-refractivity contribution is 9.10. The first-order valence-corrected chi connectivity index (χ1v) is 8.88. The number of hydrogen-bond donors (Lipinski definition) is 1. The quantitative estimate of drug-likeness (QED) is 0.569. The Bertz CT molecular complexity index is 756. The van der Waals surface area contributed by atoms with Gasteiger partial charge >= 0.3 is 6.36 Å². The Balaban J connectivity index is 0.00000196. The van der Waals surface area contributed by atoms with Gasteiger partial charge in [-0.15, -0.1) is 38.0 Å². The minimum atomic E-state index is -4.74. The second-order valence-electron chi connectivity index (χ2n) is 5.97. The third-order valence-electron chi connectivity index (χ3n) is 4.20. The van der Waals surface area contributed by atoms with Gasteiger partial charge in [0, 0.05) is 36.2 Å². The lowest BCUT2D eigenvalue weighted by molar-refractivity contribution is -0.274. The zero-order chi connectivity index (χ0) is 18.7. The van der Waals surface area contributed by atoms with Gasteiger partial charge in [0.1, 0.15) is 11.6 Å². The van der Waals surface area contributed by atoms with E-state index in [2.05, 4.69) is 30.9 Å². The van der Waals surface area contributed by atoms with E-state index in [0.29, 0.717) is 24.2 Å². The molecule has 10 heteroatoms. The van der Waals surface area contributed by atoms with Crippen LogP contribution in [0.3, 0.4) is 0 Å². The van der Waals surface area contributed by atoms with Crippen LogP contribution in [0.5, 0.6) is 5.75 Å². The van der Waals surface area contributed by atoms with E-state index in [0.717, 1.165) is 17.6 Å². The Hall–Kier alpha value is -1.06. The van der Waals surface area contributed by atoms with Crippen molar-refractivity contribution >= 4 is 40.7 Å². The average molecular weight is 506 g/mol. The molecule has 0 amide bonds. The van der Waals surface area contributed by atoms with Gasteiger partial charge in [-0.3, -0.25) is 4.90 Å². The maximum Gasteiger partial charge on any atom is 0.573 e. The molecule has 1 saturated heterocycles. The molecule has 0 spiro atoms. The summed E-state index contributed by atoms with van der Waals surface area (Å²) in [7, 11) is 0. The standard InChI is InChI=1S/C18H17BrF4N2O.2ClH/c19-13-3-6-16(20)15(11-13)17(25-9-7-24-8-10-25)12-1-4-14(5-2-12)26-18(21,22)23;;/h1-6,11,17,24H,7-10H2;2*1H/t17-;;/m0../s1. The van der Waals surface area contributed by atoms with Crippen LogP contribution >= 0.6 is 40.7 Å². The SMILES string of the molecule is Cl.Cl.Fc1ccc(Br)cc1[C@H](c1ccc(OC(F)(F)F)cc1)N1CCNCC1. The van der Waals surface area contributed by atoms with E-state index in [4.69, 9.17) is 0 Å². The van der Waals surface area contributed by atoms with Crippen molar-refractivity contribution in [2.24, 2.45) is 0 Å². The van der Waals surface area contributed by atoms with Crippen molar-refractivity contribution in [2.45, 2.75) is 12.4 Å². The summed E-state index contributed by atoms with van der Waals surface area (Å²) in [6, 6.07) is 9.94. The van der Waals surface area contributed by atoms with Crippen molar-refractivity contribution in [1.82, 2.24) is 10.2 Å². The van der Waals surface area contributed by atoms with E-state index >= 15 is 0 Å². The molecule has 1 atom stereocenters. The summed E-state index contributed by atoms with van der Waals surface area (Å²) >= 11 is 3.36. The molecular weight excluding hydrogens is 487 g/mol. The number of nitrogens with zero attached hydrogens (tertiary/aromatic N) is 1. The van der Waals surface area contributed by atoms with Gasteiger partial charge in [-0.2, -0.15) is 0 Å². The highest BCUT2D eigenvalue weighted by Crippen LogP contribution is 2.34. The van der Waals surface area contributed by atoms with E-state index in [1.807, 2.05) is 0 Å². The van der Waals surface area contributed by atoms with Crippen molar-refractivity contribution in [3.63, 3.8) is 0 Å². The number of alkyl halides is 3. The van der Waals surface area contributed by atoms with E-state index < -0.39 is 12.4 Å². The zero-order valence-corrected chi connectivity index (χ0v) is 17.7. The molecule has 1 aliphatic heterocycles. The molecule has 0 saturated carbocycles. The molecule has 1 heterocycles. The third kappa shape index (κ3) is 6.49. The minimum absolute atomic E-state index is 0. The summed E-state index contributed by atoms with van der Waals surface area (Å²) in [6.45, 7) is 2.94. The Morgan fingerprint density at radius 2 is 1.61 bits per heavy atom. The second kappa shape index (κ2) is 10.6. The molecule has 0 aliphatic carbocycles. The summed E-state index contributed by atoms with van der Waals surface area (Å²) in [5.41, 5.74) is 1.18. The van der Waals surface area contributed by atoms with Gasteiger partial charge in [0.2, 0.25) is 0 Å². The lowest BCUT2D eigenvalue weighted by Crippen LogP contribution is -2.45. The van der Waals surface area contributed by atoms with Crippen LogP contribution < -0.4 is 10.1 Å². The van der Waals surface area contributed by atoms with E-state index in [-0.39, 0.29) is 36.4 Å². The number of hydrogen-bond acceptors (Lipinski definition) is 3. The Kier molecular flexibility index (Phi) is 9.49. The maximum absolute atomic E-state index is 14.5. The molecule has 1 N–H and O–H groups in total. The molecule has 1 fully saturated rings. The maximum atomic E-state index is 14.5. The van der Waals surface area contributed by atoms with Gasteiger partial charge in [-0.1, -0.05) is 28.1 Å². The fourth-order valence-corrected chi connectivity index (χ4v) is 3.48. The van der Waals surface area contributed by atoms with Gasteiger partial charge < -0.3 is 10.1 Å². The predicted octanol–water partition coefficient (Wildman–Crippen LogP) is 5.33. The van der Waals surface area contributed by atoms with Gasteiger partial charge in [0.05, 0.1) is 6.04 Å². The van der Waals surface area contributed by atoms with Crippen molar-refractivity contribution in [2.75, 3.05) is 26.2 Å². The van der Waals surface area contributed by atoms with Crippen molar-refractivity contribution in [3.8, 4) is 5.75 Å². The molecule has 0 unspecified atom stereocenters. The van der Waals surface area contributed by atoms with Gasteiger partial charge in [0.15, 0.2) is 0 Å². The molecule has 0 aromatic heterocycles. The summed E-state index contributed by atoms with van der Waals surface area (Å²) in [5, 5.41) is 3.24. The molecule has 3 nitrogen and oxygen atoms in total. The number of halogens is 7. The first-order chi connectivity index (χ1) is 12.3. The fraction of sp³-hybridized carbons (Fsp3) is 0.333. The summed E-state index contributed by atoms with van der Waals surface area (Å²) in [5.74, 6) is -0.651. The monoisotopic (exact) mass is 504 g/mol. The molecule has 3 rings (SSSR count). The Morgan fingerprint density at radius 3 is 2.18 bits per heavy atom. The van der Waals surface area contributed by atoms with Gasteiger partial charge in [0.25, 0.3) is 0 Å². The normalized spacial score (nSPS) is 15.9. The van der Waals surface area contributed by atoms with Crippen LogP contribution in [-0.2, 0) is 0 Å². The van der Waals surface area contributed by atoms with E-state index in [1.165, 1.54) is 18.2 Å². The number of benzene rings is 2. The summed E-state index contributed by atoms with van der Waals surface area (Å²) in [4.78, 5) is 2.11. The first-order valence-electron chi connectivity index (χ1n) is 8.09. The van der Waals surface area contributed by atoms with Gasteiger partial charge in [-0.25, -0.2) is 4.39 Å². The summed E-state index contributed by atoms with van der Waals surface area (Å²) < 4.78 is 56.3. The highest BCUT2D eigenvalue weighted by Gasteiger charge is 2.31. The van der Waals surface area contributed by atoms with Crippen molar-refractivity contribution < 1.29 is 22.3 Å². The Morgan fingerprint density at radius 1 is 1.00 bits per heavy atom. The molecule has 2 aromatic rings. The lowest BCUT2D eigenvalue weighted by Gasteiger charge is -2.35. The smallest absolute Gasteiger partial charge is 0.406 e. The summed E-state index contributed by atoms with van der Waals surface area (Å²) in [6.07, 6.45) is -4.74. The highest BCUT2D eigenvalue weighted by atomic mass is 79.9. The number of nitrogens with one attached hydrogen (secondary N) is 1. The lowest BCUT2D eigenvalue weighted by atomic mass is 9.96. The van der Waals surface area contributed by atoms with E-state index in [1.54, 1.807) is 24.3 Å². The first kappa shape index (κ1) is 25.0. The fourth-order valence-electron chi connectivity index (χ4n) is 3.10. The minimum Gasteiger partial charge on any atom is -0.406 e. The van der Waals surface area contributed by atoms with Crippen LogP contribution in [0, 0.1) is 5.82 Å². The molecule has 0 radical (unpaired) electrons. The molecule has 2 aromatic carbocycles. The second-order valence-corrected chi connectivity index (χ2v) is 6.89. The van der Waals surface area contributed by atoms with Crippen molar-refractivity contribution in [3.05, 3.63) is 63.9 Å². The molecular formula is C18H19BrCl2F4N2O. The number of rotatable bonds is 4. The third-order valence-corrected chi connectivity index (χ3v) is 4.69. The van der Waals surface area contributed by atoms with E-state index in [9.17, 15) is 17.6 Å². The largest absolute Gasteiger partial charge is 0.573 e. The van der Waals surface area contributed by atoms with Crippen LogP contribution in [0.1, 0.15) is 17.2 Å².